The van der Waals surface area contributed by atoms with Crippen LogP contribution in [0.4, 0.5) is 0 Å². The van der Waals surface area contributed by atoms with Crippen LogP contribution in [0.1, 0.15) is 60.2 Å². The summed E-state index contributed by atoms with van der Waals surface area (Å²) in [6.07, 6.45) is 11.6. The van der Waals surface area contributed by atoms with Gasteiger partial charge in [0.25, 0.3) is 0 Å². The lowest BCUT2D eigenvalue weighted by molar-refractivity contribution is 1.14. The Morgan fingerprint density at radius 1 is 0.333 bits per heavy atom. The van der Waals surface area contributed by atoms with Crippen molar-refractivity contribution >= 4 is 46.4 Å². The molecule has 0 spiro atoms. The van der Waals surface area contributed by atoms with Crippen molar-refractivity contribution in [2.24, 2.45) is 0 Å². The minimum absolute atomic E-state index is 0.914. The Morgan fingerprint density at radius 2 is 0.611 bits per heavy atom. The number of benzene rings is 4. The van der Waals surface area contributed by atoms with E-state index in [0.717, 1.165) is 109 Å². The van der Waals surface area contributed by atoms with E-state index in [1.165, 1.54) is 16.7 Å². The van der Waals surface area contributed by atoms with E-state index in [0.29, 0.717) is 0 Å². The number of aromatic nitrogens is 4. The molecule has 0 unspecified atom stereocenters. The van der Waals surface area contributed by atoms with Gasteiger partial charge in [-0.2, -0.15) is 0 Å². The molecule has 2 N–H and O–H groups in total. The molecule has 5 heterocycles. The number of hydrogen-bond donors (Lipinski definition) is 2. The predicted octanol–water partition coefficient (Wildman–Crippen LogP) is 13.0. The lowest BCUT2D eigenvalue weighted by Crippen LogP contribution is -1.90. The monoisotopic (exact) mass is 698 g/mol. The molecule has 0 radical (unpaired) electrons. The minimum atomic E-state index is 0.914. The molecule has 2 aliphatic heterocycles. The summed E-state index contributed by atoms with van der Waals surface area (Å²) in [5.41, 5.74) is 20.3. The van der Waals surface area contributed by atoms with Crippen LogP contribution in [-0.2, 0) is 19.3 Å². The Kier molecular flexibility index (Phi) is 8.72. The zero-order valence-electron chi connectivity index (χ0n) is 30.9. The molecule has 3 aromatic heterocycles. The second kappa shape index (κ2) is 14.1. The average molecular weight is 699 g/mol. The third-order valence-electron chi connectivity index (χ3n) is 10.8. The Hall–Kier alpha value is -6.52. The second-order valence-corrected chi connectivity index (χ2v) is 14.0. The number of fused-ring (bicyclic) bond motifs is 8. The summed E-state index contributed by atoms with van der Waals surface area (Å²) in [7, 11) is 0. The van der Waals surface area contributed by atoms with Gasteiger partial charge in [-0.1, -0.05) is 124 Å². The quantitative estimate of drug-likeness (QED) is 0.174. The lowest BCUT2D eigenvalue weighted by atomic mass is 10.0. The van der Waals surface area contributed by atoms with Crippen LogP contribution in [0.3, 0.4) is 0 Å². The third-order valence-corrected chi connectivity index (χ3v) is 10.8. The van der Waals surface area contributed by atoms with E-state index in [1.807, 2.05) is 0 Å². The van der Waals surface area contributed by atoms with Gasteiger partial charge in [-0.05, 0) is 107 Å². The summed E-state index contributed by atoms with van der Waals surface area (Å²) in [5.74, 6) is 0. The fourth-order valence-electron chi connectivity index (χ4n) is 7.75. The topological polar surface area (TPSA) is 57.4 Å². The van der Waals surface area contributed by atoms with Gasteiger partial charge in [0.05, 0.1) is 22.8 Å². The van der Waals surface area contributed by atoms with Gasteiger partial charge in [0.1, 0.15) is 0 Å². The third kappa shape index (κ3) is 6.10. The van der Waals surface area contributed by atoms with Crippen molar-refractivity contribution in [3.63, 3.8) is 0 Å². The first-order chi connectivity index (χ1) is 26.6. The summed E-state index contributed by atoms with van der Waals surface area (Å²) < 4.78 is 0. The molecule has 0 saturated heterocycles. The summed E-state index contributed by atoms with van der Waals surface area (Å²) in [6.45, 7) is 6.58. The summed E-state index contributed by atoms with van der Waals surface area (Å²) in [5, 5.41) is 0. The van der Waals surface area contributed by atoms with E-state index in [2.05, 4.69) is 182 Å². The maximum absolute atomic E-state index is 5.45. The van der Waals surface area contributed by atoms with Crippen LogP contribution < -0.4 is 0 Å². The number of hydrogen-bond acceptors (Lipinski definition) is 2. The number of aryl methyl sites for hydroxylation is 3. The normalized spacial score (nSPS) is 12.1. The smallest absolute Gasteiger partial charge is 0.0737 e. The van der Waals surface area contributed by atoms with Crippen molar-refractivity contribution in [2.75, 3.05) is 0 Å². The minimum Gasteiger partial charge on any atom is -0.354 e. The van der Waals surface area contributed by atoms with Gasteiger partial charge in [0.15, 0.2) is 0 Å². The van der Waals surface area contributed by atoms with Crippen LogP contribution in [0.2, 0.25) is 0 Å². The highest BCUT2D eigenvalue weighted by Gasteiger charge is 2.19. The molecule has 4 heteroatoms. The zero-order valence-corrected chi connectivity index (χ0v) is 30.9. The van der Waals surface area contributed by atoms with Crippen molar-refractivity contribution in [1.29, 1.82) is 0 Å². The maximum atomic E-state index is 5.45. The first-order valence-electron chi connectivity index (χ1n) is 19.1. The van der Waals surface area contributed by atoms with Crippen molar-refractivity contribution in [1.82, 2.24) is 19.9 Å². The van der Waals surface area contributed by atoms with Crippen molar-refractivity contribution in [3.05, 3.63) is 167 Å². The highest BCUT2D eigenvalue weighted by molar-refractivity contribution is 5.99. The van der Waals surface area contributed by atoms with Crippen molar-refractivity contribution in [3.8, 4) is 44.5 Å². The molecule has 4 aromatic carbocycles. The summed E-state index contributed by atoms with van der Waals surface area (Å²) in [4.78, 5) is 18.6. The van der Waals surface area contributed by atoms with Crippen molar-refractivity contribution < 1.29 is 0 Å². The Labute approximate surface area is 316 Å². The van der Waals surface area contributed by atoms with E-state index in [9.17, 15) is 0 Å². The van der Waals surface area contributed by atoms with E-state index in [4.69, 9.17) is 9.97 Å². The van der Waals surface area contributed by atoms with E-state index in [1.54, 1.807) is 0 Å². The number of aromatic amines is 2. The molecule has 8 bridgehead atoms. The molecule has 2 aliphatic rings. The fourth-order valence-corrected chi connectivity index (χ4v) is 7.75. The Balaban J connectivity index is 1.44. The van der Waals surface area contributed by atoms with Crippen LogP contribution >= 0.6 is 0 Å². The molecule has 54 heavy (non-hydrogen) atoms. The van der Waals surface area contributed by atoms with E-state index < -0.39 is 0 Å². The number of nitrogens with zero attached hydrogens (tertiary/aromatic N) is 2. The van der Waals surface area contributed by atoms with Crippen LogP contribution in [0.15, 0.2) is 127 Å². The van der Waals surface area contributed by atoms with Gasteiger partial charge >= 0.3 is 0 Å². The van der Waals surface area contributed by atoms with Crippen molar-refractivity contribution in [2.45, 2.75) is 40.0 Å². The SMILES string of the molecule is CCc1ccc(-c2c3nc(c(-c4ccc(CC)cc4)c4ccc([nH]4)c(-c4ccc(CC)cc4)c4nc(c(-c5ccccc5)c5ccc2[nH]5)C=C4)C=C3)cc1. The molecule has 4 nitrogen and oxygen atoms in total. The van der Waals surface area contributed by atoms with Gasteiger partial charge in [0.2, 0.25) is 0 Å². The molecular formula is C50H42N4. The fraction of sp³-hybridized carbons (Fsp3) is 0.120. The van der Waals surface area contributed by atoms with E-state index >= 15 is 0 Å². The van der Waals surface area contributed by atoms with Crippen LogP contribution in [-0.4, -0.2) is 19.9 Å². The highest BCUT2D eigenvalue weighted by Crippen LogP contribution is 2.38. The average Bonchev–Trinajstić information content (AvgIpc) is 4.07. The molecule has 7 aromatic rings. The second-order valence-electron chi connectivity index (χ2n) is 14.0. The van der Waals surface area contributed by atoms with Crippen LogP contribution in [0.5, 0.6) is 0 Å². The van der Waals surface area contributed by atoms with Gasteiger partial charge in [-0.3, -0.25) is 0 Å². The molecule has 9 rings (SSSR count). The molecule has 0 saturated carbocycles. The molecule has 0 aliphatic carbocycles. The summed E-state index contributed by atoms with van der Waals surface area (Å²) >= 11 is 0. The molecule has 0 amide bonds. The van der Waals surface area contributed by atoms with Gasteiger partial charge in [0, 0.05) is 44.3 Å². The number of nitrogens with one attached hydrogen (secondary N) is 2. The van der Waals surface area contributed by atoms with Gasteiger partial charge in [-0.15, -0.1) is 0 Å². The summed E-state index contributed by atoms with van der Waals surface area (Å²) in [6, 6.07) is 46.1. The molecule has 0 fully saturated rings. The van der Waals surface area contributed by atoms with Crippen LogP contribution in [0, 0.1) is 0 Å². The molecule has 0 atom stereocenters. The number of H-pyrrole nitrogens is 2. The standard InChI is InChI=1S/C50H42N4/c1-4-32-12-18-36(19-13-32)48-41-26-24-39(51-41)47(35-10-8-7-9-11-35)40-25-27-42(52-40)49(37-20-14-33(5-2)15-21-37)44-29-31-46(54-44)50(45-30-28-43(48)53-45)38-22-16-34(6-3)17-23-38/h7-31,51,54H,4-6H2,1-3H3. The maximum Gasteiger partial charge on any atom is 0.0737 e. The Bertz CT molecular complexity index is 2680. The largest absolute Gasteiger partial charge is 0.354 e. The predicted molar refractivity (Wildman–Crippen MR) is 229 cm³/mol. The van der Waals surface area contributed by atoms with Gasteiger partial charge < -0.3 is 9.97 Å². The lowest BCUT2D eigenvalue weighted by Gasteiger charge is -2.08. The van der Waals surface area contributed by atoms with E-state index in [-0.39, 0.29) is 0 Å². The number of rotatable bonds is 7. The Morgan fingerprint density at radius 3 is 0.889 bits per heavy atom. The first-order valence-corrected chi connectivity index (χ1v) is 19.1. The highest BCUT2D eigenvalue weighted by atomic mass is 14.8. The molecule has 262 valence electrons. The zero-order chi connectivity index (χ0) is 36.6. The first kappa shape index (κ1) is 33.3. The molecular weight excluding hydrogens is 657 g/mol. The van der Waals surface area contributed by atoms with Gasteiger partial charge in [-0.25, -0.2) is 9.97 Å². The van der Waals surface area contributed by atoms with Crippen LogP contribution in [0.25, 0.3) is 90.9 Å².